The third-order valence-electron chi connectivity index (χ3n) is 5.62. The minimum atomic E-state index is -0.631. The molecule has 5 heteroatoms. The lowest BCUT2D eigenvalue weighted by atomic mass is 9.70. The molecule has 2 atom stereocenters. The van der Waals surface area contributed by atoms with Gasteiger partial charge >= 0.3 is 0 Å². The highest BCUT2D eigenvalue weighted by Crippen LogP contribution is 2.39. The standard InChI is InChI=1S/C18H27NO3S/c1-14-12-19(17(20)3-2-15-6-11-23-13-15)8-7-18(14,21)16-4-9-22-10-5-16/h6,11,13-14,16,21H,2-5,7-10,12H2,1H3. The van der Waals surface area contributed by atoms with Gasteiger partial charge in [-0.25, -0.2) is 0 Å². The number of aliphatic hydroxyl groups is 1. The van der Waals surface area contributed by atoms with Crippen molar-refractivity contribution in [2.45, 2.75) is 44.6 Å². The number of carbonyl (C=O) groups excluding carboxylic acids is 1. The number of hydrogen-bond acceptors (Lipinski definition) is 4. The van der Waals surface area contributed by atoms with Crippen LogP contribution in [0.4, 0.5) is 0 Å². The predicted molar refractivity (Wildman–Crippen MR) is 91.5 cm³/mol. The van der Waals surface area contributed by atoms with Crippen LogP contribution in [0.2, 0.25) is 0 Å². The fraction of sp³-hybridized carbons (Fsp3) is 0.722. The van der Waals surface area contributed by atoms with Gasteiger partial charge in [0.05, 0.1) is 5.60 Å². The van der Waals surface area contributed by atoms with Gasteiger partial charge in [0.15, 0.2) is 0 Å². The molecule has 3 heterocycles. The van der Waals surface area contributed by atoms with E-state index in [9.17, 15) is 9.90 Å². The fourth-order valence-electron chi connectivity index (χ4n) is 4.02. The van der Waals surface area contributed by atoms with E-state index >= 15 is 0 Å². The average Bonchev–Trinajstić information content (AvgIpc) is 3.09. The molecule has 2 saturated heterocycles. The van der Waals surface area contributed by atoms with E-state index in [1.165, 1.54) is 5.56 Å². The maximum Gasteiger partial charge on any atom is 0.222 e. The van der Waals surface area contributed by atoms with E-state index in [-0.39, 0.29) is 11.8 Å². The molecule has 2 unspecified atom stereocenters. The van der Waals surface area contributed by atoms with Crippen LogP contribution in [0.15, 0.2) is 16.8 Å². The van der Waals surface area contributed by atoms with Crippen molar-refractivity contribution in [1.29, 1.82) is 0 Å². The maximum absolute atomic E-state index is 12.5. The SMILES string of the molecule is CC1CN(C(=O)CCc2ccsc2)CCC1(O)C1CCOCC1. The van der Waals surface area contributed by atoms with Gasteiger partial charge in [0.2, 0.25) is 5.91 Å². The average molecular weight is 337 g/mol. The first kappa shape index (κ1) is 16.9. The highest BCUT2D eigenvalue weighted by molar-refractivity contribution is 7.07. The van der Waals surface area contributed by atoms with E-state index in [1.54, 1.807) is 11.3 Å². The van der Waals surface area contributed by atoms with E-state index in [2.05, 4.69) is 23.8 Å². The molecule has 0 saturated carbocycles. The quantitative estimate of drug-likeness (QED) is 0.919. The molecule has 23 heavy (non-hydrogen) atoms. The van der Waals surface area contributed by atoms with Crippen LogP contribution in [0.1, 0.15) is 38.2 Å². The van der Waals surface area contributed by atoms with Crippen molar-refractivity contribution in [2.24, 2.45) is 11.8 Å². The second kappa shape index (κ2) is 7.32. The van der Waals surface area contributed by atoms with Gasteiger partial charge in [-0.05, 0) is 54.0 Å². The number of hydrogen-bond donors (Lipinski definition) is 1. The third-order valence-corrected chi connectivity index (χ3v) is 6.35. The number of thiophene rings is 1. The summed E-state index contributed by atoms with van der Waals surface area (Å²) in [6.45, 7) is 4.96. The summed E-state index contributed by atoms with van der Waals surface area (Å²) in [5.74, 6) is 0.663. The summed E-state index contributed by atoms with van der Waals surface area (Å²) in [7, 11) is 0. The van der Waals surface area contributed by atoms with E-state index in [0.717, 1.165) is 32.5 Å². The van der Waals surface area contributed by atoms with Crippen molar-refractivity contribution in [3.05, 3.63) is 22.4 Å². The molecule has 1 aromatic rings. The van der Waals surface area contributed by atoms with Crippen molar-refractivity contribution in [1.82, 2.24) is 4.90 Å². The Morgan fingerprint density at radius 1 is 1.48 bits per heavy atom. The Bertz CT molecular complexity index is 512. The minimum absolute atomic E-state index is 0.129. The Morgan fingerprint density at radius 2 is 2.26 bits per heavy atom. The number of likely N-dealkylation sites (tertiary alicyclic amines) is 1. The third kappa shape index (κ3) is 3.78. The van der Waals surface area contributed by atoms with Gasteiger partial charge in [-0.15, -0.1) is 0 Å². The lowest BCUT2D eigenvalue weighted by Gasteiger charge is -2.48. The van der Waals surface area contributed by atoms with E-state index in [4.69, 9.17) is 4.74 Å². The smallest absolute Gasteiger partial charge is 0.222 e. The van der Waals surface area contributed by atoms with Crippen molar-refractivity contribution in [3.8, 4) is 0 Å². The lowest BCUT2D eigenvalue weighted by Crippen LogP contribution is -2.56. The largest absolute Gasteiger partial charge is 0.389 e. The first-order valence-corrected chi connectivity index (χ1v) is 9.63. The predicted octanol–water partition coefficient (Wildman–Crippen LogP) is 2.71. The van der Waals surface area contributed by atoms with Crippen LogP contribution in [0, 0.1) is 11.8 Å². The first-order chi connectivity index (χ1) is 11.1. The Hall–Kier alpha value is -0.910. The van der Waals surface area contributed by atoms with Crippen LogP contribution in [0.5, 0.6) is 0 Å². The van der Waals surface area contributed by atoms with Crippen molar-refractivity contribution >= 4 is 17.2 Å². The molecule has 0 spiro atoms. The summed E-state index contributed by atoms with van der Waals surface area (Å²) in [4.78, 5) is 14.4. The van der Waals surface area contributed by atoms with Crippen LogP contribution < -0.4 is 0 Å². The molecule has 0 radical (unpaired) electrons. The Morgan fingerprint density at radius 3 is 2.91 bits per heavy atom. The van der Waals surface area contributed by atoms with Gasteiger partial charge < -0.3 is 14.7 Å². The molecule has 1 amide bonds. The summed E-state index contributed by atoms with van der Waals surface area (Å²) in [6.07, 6.45) is 3.96. The topological polar surface area (TPSA) is 49.8 Å². The number of nitrogens with zero attached hydrogens (tertiary/aromatic N) is 1. The van der Waals surface area contributed by atoms with E-state index in [1.807, 2.05) is 4.90 Å². The van der Waals surface area contributed by atoms with Crippen LogP contribution in [-0.2, 0) is 16.0 Å². The van der Waals surface area contributed by atoms with Gasteiger partial charge in [-0.1, -0.05) is 6.92 Å². The molecule has 2 aliphatic heterocycles. The number of piperidine rings is 1. The summed E-state index contributed by atoms with van der Waals surface area (Å²) in [5, 5.41) is 15.3. The zero-order chi connectivity index (χ0) is 16.3. The molecule has 3 rings (SSSR count). The summed E-state index contributed by atoms with van der Waals surface area (Å²) in [5.41, 5.74) is 0.612. The molecule has 0 aromatic carbocycles. The normalized spacial score (nSPS) is 29.7. The Labute approximate surface area is 142 Å². The van der Waals surface area contributed by atoms with Crippen LogP contribution in [-0.4, -0.2) is 47.8 Å². The fourth-order valence-corrected chi connectivity index (χ4v) is 4.72. The Balaban J connectivity index is 1.53. The summed E-state index contributed by atoms with van der Waals surface area (Å²) < 4.78 is 5.42. The molecule has 4 nitrogen and oxygen atoms in total. The van der Waals surface area contributed by atoms with E-state index in [0.29, 0.717) is 31.8 Å². The Kier molecular flexibility index (Phi) is 5.39. The molecule has 0 bridgehead atoms. The van der Waals surface area contributed by atoms with Gasteiger partial charge in [0, 0.05) is 38.6 Å². The van der Waals surface area contributed by atoms with Crippen LogP contribution in [0.3, 0.4) is 0 Å². The highest BCUT2D eigenvalue weighted by atomic mass is 32.1. The monoisotopic (exact) mass is 337 g/mol. The molecule has 2 aliphatic rings. The van der Waals surface area contributed by atoms with Gasteiger partial charge in [0.25, 0.3) is 0 Å². The van der Waals surface area contributed by atoms with Gasteiger partial charge in [-0.2, -0.15) is 11.3 Å². The summed E-state index contributed by atoms with van der Waals surface area (Å²) >= 11 is 1.67. The second-order valence-corrected chi connectivity index (χ2v) is 7.78. The molecule has 0 aliphatic carbocycles. The maximum atomic E-state index is 12.5. The number of ether oxygens (including phenoxy) is 1. The number of amides is 1. The highest BCUT2D eigenvalue weighted by Gasteiger charge is 2.45. The second-order valence-electron chi connectivity index (χ2n) is 7.00. The minimum Gasteiger partial charge on any atom is -0.389 e. The van der Waals surface area contributed by atoms with Crippen molar-refractivity contribution < 1.29 is 14.6 Å². The molecular formula is C18H27NO3S. The summed E-state index contributed by atoms with van der Waals surface area (Å²) in [6, 6.07) is 2.08. The van der Waals surface area contributed by atoms with Crippen molar-refractivity contribution in [3.63, 3.8) is 0 Å². The molecule has 1 aromatic heterocycles. The van der Waals surface area contributed by atoms with Gasteiger partial charge in [0.1, 0.15) is 0 Å². The number of carbonyl (C=O) groups is 1. The zero-order valence-electron chi connectivity index (χ0n) is 13.9. The van der Waals surface area contributed by atoms with Crippen molar-refractivity contribution in [2.75, 3.05) is 26.3 Å². The molecule has 2 fully saturated rings. The molecule has 128 valence electrons. The van der Waals surface area contributed by atoms with Crippen LogP contribution >= 0.6 is 11.3 Å². The molecular weight excluding hydrogens is 310 g/mol. The lowest BCUT2D eigenvalue weighted by molar-refractivity contribution is -0.151. The first-order valence-electron chi connectivity index (χ1n) is 8.68. The van der Waals surface area contributed by atoms with Crippen LogP contribution in [0.25, 0.3) is 0 Å². The molecule has 1 N–H and O–H groups in total. The van der Waals surface area contributed by atoms with Gasteiger partial charge in [-0.3, -0.25) is 4.79 Å². The number of aryl methyl sites for hydroxylation is 1. The number of rotatable bonds is 4. The zero-order valence-corrected chi connectivity index (χ0v) is 14.7. The van der Waals surface area contributed by atoms with E-state index < -0.39 is 5.60 Å².